The maximum Gasteiger partial charge on any atom is 0.259 e. The summed E-state index contributed by atoms with van der Waals surface area (Å²) in [4.78, 5) is 28.0. The molecule has 8 heteroatoms. The third-order valence-corrected chi connectivity index (χ3v) is 5.74. The van der Waals surface area contributed by atoms with E-state index < -0.39 is 0 Å². The molecule has 33 heavy (non-hydrogen) atoms. The average molecular weight is 441 g/mol. The van der Waals surface area contributed by atoms with Gasteiger partial charge in [-0.25, -0.2) is 9.97 Å². The minimum atomic E-state index is -0.373. The third kappa shape index (κ3) is 4.55. The first-order chi connectivity index (χ1) is 16.2. The van der Waals surface area contributed by atoms with Crippen LogP contribution in [-0.2, 0) is 0 Å². The Labute approximate surface area is 191 Å². The molecular weight excluding hydrogens is 416 g/mol. The van der Waals surface area contributed by atoms with E-state index in [0.29, 0.717) is 23.0 Å². The van der Waals surface area contributed by atoms with Crippen molar-refractivity contribution in [2.45, 2.75) is 19.3 Å². The fourth-order valence-corrected chi connectivity index (χ4v) is 4.00. The monoisotopic (exact) mass is 440 g/mol. The van der Waals surface area contributed by atoms with Crippen LogP contribution >= 0.6 is 0 Å². The van der Waals surface area contributed by atoms with Gasteiger partial charge in [-0.2, -0.15) is 4.98 Å². The minimum absolute atomic E-state index is 0.0248. The van der Waals surface area contributed by atoms with Crippen molar-refractivity contribution in [1.29, 1.82) is 0 Å². The molecule has 3 N–H and O–H groups in total. The van der Waals surface area contributed by atoms with E-state index in [2.05, 4.69) is 30.5 Å². The van der Waals surface area contributed by atoms with Crippen LogP contribution in [0.15, 0.2) is 67.0 Å². The van der Waals surface area contributed by atoms with Gasteiger partial charge in [0.15, 0.2) is 0 Å². The maximum atomic E-state index is 12.7. The van der Waals surface area contributed by atoms with Gasteiger partial charge in [-0.15, -0.1) is 0 Å². The SMILES string of the molecule is O=C(Nc1ccc(Nc2ncnc(N3CCCCC3)n2)cc1)c1ccc2ccccc2c1O. The molecule has 0 spiro atoms. The zero-order chi connectivity index (χ0) is 22.6. The molecule has 0 unspecified atom stereocenters. The van der Waals surface area contributed by atoms with Gasteiger partial charge in [0.1, 0.15) is 12.1 Å². The average Bonchev–Trinajstić information content (AvgIpc) is 2.86. The summed E-state index contributed by atoms with van der Waals surface area (Å²) in [6, 6.07) is 18.1. The first-order valence-electron chi connectivity index (χ1n) is 11.0. The molecule has 1 saturated heterocycles. The number of aromatic nitrogens is 3. The lowest BCUT2D eigenvalue weighted by Crippen LogP contribution is -2.31. The molecule has 1 fully saturated rings. The number of aromatic hydroxyl groups is 1. The molecule has 0 radical (unpaired) electrons. The first kappa shape index (κ1) is 20.7. The molecule has 1 aliphatic heterocycles. The summed E-state index contributed by atoms with van der Waals surface area (Å²) in [7, 11) is 0. The largest absolute Gasteiger partial charge is 0.506 e. The summed E-state index contributed by atoms with van der Waals surface area (Å²) in [6.07, 6.45) is 5.07. The number of amides is 1. The molecule has 0 atom stereocenters. The lowest BCUT2D eigenvalue weighted by molar-refractivity contribution is 0.102. The quantitative estimate of drug-likeness (QED) is 0.413. The standard InChI is InChI=1S/C25H24N6O2/c32-22-20-7-3-2-6-17(20)8-13-21(22)23(33)28-18-9-11-19(12-10-18)29-24-26-16-27-25(30-24)31-14-4-1-5-15-31/h2-3,6-13,16,32H,1,4-5,14-15H2,(H,28,33)(H,26,27,29,30). The van der Waals surface area contributed by atoms with Gasteiger partial charge in [-0.05, 0) is 55.0 Å². The highest BCUT2D eigenvalue weighted by Gasteiger charge is 2.15. The van der Waals surface area contributed by atoms with E-state index in [1.54, 1.807) is 24.3 Å². The number of hydrogen-bond acceptors (Lipinski definition) is 7. The molecule has 1 aliphatic rings. The molecule has 1 aromatic heterocycles. The Morgan fingerprint density at radius 3 is 2.45 bits per heavy atom. The molecule has 8 nitrogen and oxygen atoms in total. The Hall–Kier alpha value is -4.20. The number of anilines is 4. The second kappa shape index (κ2) is 9.12. The van der Waals surface area contributed by atoms with E-state index in [9.17, 15) is 9.90 Å². The zero-order valence-corrected chi connectivity index (χ0v) is 18.0. The number of nitrogens with zero attached hydrogens (tertiary/aromatic N) is 4. The van der Waals surface area contributed by atoms with Gasteiger partial charge in [-0.3, -0.25) is 4.79 Å². The maximum absolute atomic E-state index is 12.7. The van der Waals surface area contributed by atoms with Crippen LogP contribution in [0.4, 0.5) is 23.3 Å². The Balaban J connectivity index is 1.26. The molecule has 166 valence electrons. The van der Waals surface area contributed by atoms with Crippen molar-refractivity contribution in [1.82, 2.24) is 15.0 Å². The first-order valence-corrected chi connectivity index (χ1v) is 11.0. The van der Waals surface area contributed by atoms with Crippen LogP contribution in [-0.4, -0.2) is 39.1 Å². The fraction of sp³-hybridized carbons (Fsp3) is 0.200. The lowest BCUT2D eigenvalue weighted by atomic mass is 10.0. The van der Waals surface area contributed by atoms with E-state index in [0.717, 1.165) is 37.0 Å². The minimum Gasteiger partial charge on any atom is -0.506 e. The smallest absolute Gasteiger partial charge is 0.259 e. The van der Waals surface area contributed by atoms with Gasteiger partial charge >= 0.3 is 0 Å². The molecule has 0 aliphatic carbocycles. The molecule has 3 aromatic carbocycles. The number of nitrogens with one attached hydrogen (secondary N) is 2. The fourth-order valence-electron chi connectivity index (χ4n) is 4.00. The molecule has 4 aromatic rings. The zero-order valence-electron chi connectivity index (χ0n) is 18.0. The van der Waals surface area contributed by atoms with E-state index in [-0.39, 0.29) is 17.2 Å². The van der Waals surface area contributed by atoms with Gasteiger partial charge in [0.2, 0.25) is 11.9 Å². The van der Waals surface area contributed by atoms with Gasteiger partial charge < -0.3 is 20.6 Å². The van der Waals surface area contributed by atoms with Gasteiger partial charge in [0, 0.05) is 29.9 Å². The molecule has 1 amide bonds. The molecule has 0 saturated carbocycles. The number of phenols is 1. The van der Waals surface area contributed by atoms with Crippen molar-refractivity contribution >= 4 is 40.0 Å². The van der Waals surface area contributed by atoms with Gasteiger partial charge in [0.25, 0.3) is 5.91 Å². The summed E-state index contributed by atoms with van der Waals surface area (Å²) < 4.78 is 0. The van der Waals surface area contributed by atoms with E-state index in [1.807, 2.05) is 36.4 Å². The number of piperidine rings is 1. The van der Waals surface area contributed by atoms with Crippen LogP contribution < -0.4 is 15.5 Å². The summed E-state index contributed by atoms with van der Waals surface area (Å²) in [5.41, 5.74) is 1.63. The molecule has 2 heterocycles. The van der Waals surface area contributed by atoms with Crippen LogP contribution in [0, 0.1) is 0 Å². The summed E-state index contributed by atoms with van der Waals surface area (Å²) in [6.45, 7) is 1.93. The van der Waals surface area contributed by atoms with E-state index >= 15 is 0 Å². The number of benzene rings is 3. The second-order valence-electron chi connectivity index (χ2n) is 8.00. The van der Waals surface area contributed by atoms with Gasteiger partial charge in [-0.1, -0.05) is 30.3 Å². The Kier molecular flexibility index (Phi) is 5.72. The number of phenolic OH excluding ortho intramolecular Hbond substituents is 1. The molecule has 5 rings (SSSR count). The number of carbonyl (C=O) groups excluding carboxylic acids is 1. The van der Waals surface area contributed by atoms with Gasteiger partial charge in [0.05, 0.1) is 5.56 Å². The van der Waals surface area contributed by atoms with E-state index in [4.69, 9.17) is 0 Å². The van der Waals surface area contributed by atoms with Crippen LogP contribution in [0.5, 0.6) is 5.75 Å². The predicted molar refractivity (Wildman–Crippen MR) is 129 cm³/mol. The predicted octanol–water partition coefficient (Wildman–Crippen LogP) is 4.72. The highest BCUT2D eigenvalue weighted by Crippen LogP contribution is 2.29. The van der Waals surface area contributed by atoms with Crippen molar-refractivity contribution in [3.8, 4) is 5.75 Å². The van der Waals surface area contributed by atoms with E-state index in [1.165, 1.54) is 12.7 Å². The van der Waals surface area contributed by atoms with Crippen LogP contribution in [0.3, 0.4) is 0 Å². The number of hydrogen-bond donors (Lipinski definition) is 3. The molecular formula is C25H24N6O2. The summed E-state index contributed by atoms with van der Waals surface area (Å²) in [5, 5.41) is 18.1. The normalized spacial score (nSPS) is 13.6. The van der Waals surface area contributed by atoms with Crippen molar-refractivity contribution in [2.75, 3.05) is 28.6 Å². The molecule has 0 bridgehead atoms. The van der Waals surface area contributed by atoms with Crippen molar-refractivity contribution in [3.05, 3.63) is 72.6 Å². The lowest BCUT2D eigenvalue weighted by Gasteiger charge is -2.26. The Bertz CT molecular complexity index is 1290. The number of rotatable bonds is 5. The summed E-state index contributed by atoms with van der Waals surface area (Å²) in [5.74, 6) is 0.764. The number of carbonyl (C=O) groups is 1. The van der Waals surface area contributed by atoms with Crippen LogP contribution in [0.2, 0.25) is 0 Å². The van der Waals surface area contributed by atoms with Crippen molar-refractivity contribution in [2.24, 2.45) is 0 Å². The Morgan fingerprint density at radius 1 is 0.879 bits per heavy atom. The summed E-state index contributed by atoms with van der Waals surface area (Å²) >= 11 is 0. The van der Waals surface area contributed by atoms with Crippen molar-refractivity contribution < 1.29 is 9.90 Å². The highest BCUT2D eigenvalue weighted by atomic mass is 16.3. The Morgan fingerprint density at radius 2 is 1.64 bits per heavy atom. The van der Waals surface area contributed by atoms with Crippen LogP contribution in [0.1, 0.15) is 29.6 Å². The highest BCUT2D eigenvalue weighted by molar-refractivity contribution is 6.09. The topological polar surface area (TPSA) is 103 Å². The number of fused-ring (bicyclic) bond motifs is 1. The van der Waals surface area contributed by atoms with Crippen LogP contribution in [0.25, 0.3) is 10.8 Å². The third-order valence-electron chi connectivity index (χ3n) is 5.74. The second-order valence-corrected chi connectivity index (χ2v) is 8.00. The van der Waals surface area contributed by atoms with Crippen molar-refractivity contribution in [3.63, 3.8) is 0 Å².